The number of carbonyl (C=O) groups excluding carboxylic acids is 1. The maximum absolute atomic E-state index is 12.6. The average molecular weight is 448 g/mol. The van der Waals surface area contributed by atoms with E-state index in [0.29, 0.717) is 22.2 Å². The summed E-state index contributed by atoms with van der Waals surface area (Å²) in [6.45, 7) is 0. The Balaban J connectivity index is 1.80. The van der Waals surface area contributed by atoms with Crippen LogP contribution in [-0.2, 0) is 10.0 Å². The smallest absolute Gasteiger partial charge is 0.275 e. The van der Waals surface area contributed by atoms with Gasteiger partial charge < -0.3 is 14.8 Å². The predicted molar refractivity (Wildman–Crippen MR) is 116 cm³/mol. The van der Waals surface area contributed by atoms with Gasteiger partial charge in [0.15, 0.2) is 11.5 Å². The van der Waals surface area contributed by atoms with Crippen LogP contribution in [0, 0.1) is 0 Å². The van der Waals surface area contributed by atoms with Crippen molar-refractivity contribution in [3.05, 3.63) is 53.5 Å². The van der Waals surface area contributed by atoms with Crippen molar-refractivity contribution in [2.24, 2.45) is 0 Å². The van der Waals surface area contributed by atoms with Crippen LogP contribution in [0.4, 0.5) is 5.69 Å². The van der Waals surface area contributed by atoms with Crippen LogP contribution in [0.2, 0.25) is 0 Å². The van der Waals surface area contributed by atoms with Crippen molar-refractivity contribution in [3.8, 4) is 22.1 Å². The first-order valence-electron chi connectivity index (χ1n) is 8.78. The number of carbonyl (C=O) groups is 1. The average Bonchev–Trinajstić information content (AvgIpc) is 3.23. The molecular formula is C20H21N3O5S2. The molecular weight excluding hydrogens is 426 g/mol. The lowest BCUT2D eigenvalue weighted by Gasteiger charge is -2.11. The van der Waals surface area contributed by atoms with E-state index in [1.54, 1.807) is 25.7 Å². The van der Waals surface area contributed by atoms with Crippen LogP contribution in [-0.4, -0.2) is 51.9 Å². The molecule has 8 nitrogen and oxygen atoms in total. The number of sulfonamides is 1. The number of ether oxygens (including phenoxy) is 2. The Morgan fingerprint density at radius 1 is 1.07 bits per heavy atom. The van der Waals surface area contributed by atoms with Gasteiger partial charge in [0, 0.05) is 25.2 Å². The minimum Gasteiger partial charge on any atom is -0.493 e. The molecule has 1 aromatic heterocycles. The lowest BCUT2D eigenvalue weighted by Crippen LogP contribution is -2.22. The van der Waals surface area contributed by atoms with Gasteiger partial charge in [-0.3, -0.25) is 4.79 Å². The highest BCUT2D eigenvalue weighted by Gasteiger charge is 2.19. The van der Waals surface area contributed by atoms with Crippen LogP contribution in [0.15, 0.2) is 52.7 Å². The fraction of sp³-hybridized carbons (Fsp3) is 0.200. The molecule has 0 saturated carbocycles. The number of hydrogen-bond acceptors (Lipinski definition) is 7. The van der Waals surface area contributed by atoms with Crippen LogP contribution >= 0.6 is 11.3 Å². The van der Waals surface area contributed by atoms with E-state index >= 15 is 0 Å². The second kappa shape index (κ2) is 8.82. The number of amides is 1. The van der Waals surface area contributed by atoms with Gasteiger partial charge in [-0.15, -0.1) is 11.3 Å². The monoisotopic (exact) mass is 447 g/mol. The van der Waals surface area contributed by atoms with Crippen molar-refractivity contribution in [3.63, 3.8) is 0 Å². The molecule has 0 radical (unpaired) electrons. The molecule has 1 heterocycles. The molecule has 1 amide bonds. The summed E-state index contributed by atoms with van der Waals surface area (Å²) in [7, 11) is 2.49. The van der Waals surface area contributed by atoms with Crippen molar-refractivity contribution >= 4 is 33.0 Å². The Kier molecular flexibility index (Phi) is 6.40. The van der Waals surface area contributed by atoms with Crippen LogP contribution in [0.3, 0.4) is 0 Å². The highest BCUT2D eigenvalue weighted by atomic mass is 32.2. The lowest BCUT2D eigenvalue weighted by atomic mass is 10.2. The number of aromatic nitrogens is 1. The molecule has 0 aliphatic heterocycles. The van der Waals surface area contributed by atoms with Crippen LogP contribution in [0.25, 0.3) is 10.6 Å². The number of hydrogen-bond donors (Lipinski definition) is 1. The Labute approximate surface area is 179 Å². The van der Waals surface area contributed by atoms with Crippen molar-refractivity contribution < 1.29 is 22.7 Å². The highest BCUT2D eigenvalue weighted by molar-refractivity contribution is 7.89. The Hall–Kier alpha value is -2.95. The van der Waals surface area contributed by atoms with Gasteiger partial charge in [-0.2, -0.15) is 0 Å². The highest BCUT2D eigenvalue weighted by Crippen LogP contribution is 2.39. The third-order valence-corrected chi connectivity index (χ3v) is 6.97. The van der Waals surface area contributed by atoms with E-state index in [1.165, 1.54) is 49.7 Å². The van der Waals surface area contributed by atoms with E-state index in [1.807, 2.05) is 12.1 Å². The van der Waals surface area contributed by atoms with Gasteiger partial charge in [-0.05, 0) is 36.4 Å². The summed E-state index contributed by atoms with van der Waals surface area (Å²) < 4.78 is 36.1. The standard InChI is InChI=1S/C20H21N3O5S2/c1-23(2)30(25,26)14-10-8-13(9-11-14)21-19(24)16-12-29-20(22-16)15-6-5-7-17(27-3)18(15)28-4/h5-12H,1-4H3,(H,21,24). The minimum atomic E-state index is -3.53. The zero-order chi connectivity index (χ0) is 21.9. The van der Waals surface area contributed by atoms with Gasteiger partial charge >= 0.3 is 0 Å². The number of thiazole rings is 1. The predicted octanol–water partition coefficient (Wildman–Crippen LogP) is 3.33. The summed E-state index contributed by atoms with van der Waals surface area (Å²) in [5, 5.41) is 4.98. The van der Waals surface area contributed by atoms with E-state index in [2.05, 4.69) is 10.3 Å². The molecule has 3 aromatic rings. The molecule has 3 rings (SSSR count). The minimum absolute atomic E-state index is 0.145. The first-order chi connectivity index (χ1) is 14.3. The number of para-hydroxylation sites is 1. The van der Waals surface area contributed by atoms with Crippen molar-refractivity contribution in [1.29, 1.82) is 0 Å². The largest absolute Gasteiger partial charge is 0.493 e. The first kappa shape index (κ1) is 21.8. The van der Waals surface area contributed by atoms with E-state index in [0.717, 1.165) is 9.87 Å². The van der Waals surface area contributed by atoms with Gasteiger partial charge in [0.05, 0.1) is 24.7 Å². The van der Waals surface area contributed by atoms with Crippen LogP contribution in [0.5, 0.6) is 11.5 Å². The maximum atomic E-state index is 12.6. The Morgan fingerprint density at radius 2 is 1.77 bits per heavy atom. The second-order valence-electron chi connectivity index (χ2n) is 6.34. The molecule has 0 bridgehead atoms. The normalized spacial score (nSPS) is 11.4. The third-order valence-electron chi connectivity index (χ3n) is 4.26. The van der Waals surface area contributed by atoms with E-state index in [-0.39, 0.29) is 10.6 Å². The van der Waals surface area contributed by atoms with Gasteiger partial charge in [0.25, 0.3) is 5.91 Å². The fourth-order valence-electron chi connectivity index (χ4n) is 2.67. The summed E-state index contributed by atoms with van der Waals surface area (Å²) in [6.07, 6.45) is 0. The molecule has 30 heavy (non-hydrogen) atoms. The molecule has 10 heteroatoms. The molecule has 0 spiro atoms. The topological polar surface area (TPSA) is 97.8 Å². The van der Waals surface area contributed by atoms with Crippen molar-refractivity contribution in [2.75, 3.05) is 33.6 Å². The van der Waals surface area contributed by atoms with Gasteiger partial charge in [-0.1, -0.05) is 6.07 Å². The van der Waals surface area contributed by atoms with Gasteiger partial charge in [0.1, 0.15) is 10.7 Å². The van der Waals surface area contributed by atoms with Gasteiger partial charge in [0.2, 0.25) is 10.0 Å². The molecule has 2 aromatic carbocycles. The lowest BCUT2D eigenvalue weighted by molar-refractivity contribution is 0.102. The molecule has 0 atom stereocenters. The summed E-state index contributed by atoms with van der Waals surface area (Å²) in [4.78, 5) is 17.1. The first-order valence-corrected chi connectivity index (χ1v) is 11.1. The summed E-state index contributed by atoms with van der Waals surface area (Å²) in [5.74, 6) is 0.713. The molecule has 0 fully saturated rings. The number of nitrogens with zero attached hydrogens (tertiary/aromatic N) is 2. The van der Waals surface area contributed by atoms with Gasteiger partial charge in [-0.25, -0.2) is 17.7 Å². The molecule has 0 aliphatic carbocycles. The quantitative estimate of drug-likeness (QED) is 0.597. The second-order valence-corrected chi connectivity index (χ2v) is 9.35. The van der Waals surface area contributed by atoms with E-state index < -0.39 is 15.9 Å². The molecule has 0 unspecified atom stereocenters. The molecule has 0 saturated heterocycles. The number of anilines is 1. The summed E-state index contributed by atoms with van der Waals surface area (Å²) in [5.41, 5.74) is 1.43. The van der Waals surface area contributed by atoms with E-state index in [4.69, 9.17) is 9.47 Å². The summed E-state index contributed by atoms with van der Waals surface area (Å²) >= 11 is 1.31. The number of methoxy groups -OCH3 is 2. The third kappa shape index (κ3) is 4.30. The zero-order valence-electron chi connectivity index (χ0n) is 16.9. The molecule has 1 N–H and O–H groups in total. The van der Waals surface area contributed by atoms with Crippen molar-refractivity contribution in [2.45, 2.75) is 4.90 Å². The van der Waals surface area contributed by atoms with E-state index in [9.17, 15) is 13.2 Å². The van der Waals surface area contributed by atoms with Crippen LogP contribution in [0.1, 0.15) is 10.5 Å². The SMILES string of the molecule is COc1cccc(-c2nc(C(=O)Nc3ccc(S(=O)(=O)N(C)C)cc3)cs2)c1OC. The van der Waals surface area contributed by atoms with Crippen LogP contribution < -0.4 is 14.8 Å². The number of rotatable bonds is 7. The Morgan fingerprint density at radius 3 is 2.37 bits per heavy atom. The molecule has 0 aliphatic rings. The number of benzene rings is 2. The zero-order valence-corrected chi connectivity index (χ0v) is 18.5. The molecule has 158 valence electrons. The van der Waals surface area contributed by atoms with Crippen molar-refractivity contribution in [1.82, 2.24) is 9.29 Å². The fourth-order valence-corrected chi connectivity index (χ4v) is 4.40. The maximum Gasteiger partial charge on any atom is 0.275 e. The Bertz CT molecular complexity index is 1160. The number of nitrogens with one attached hydrogen (secondary N) is 1. The summed E-state index contributed by atoms with van der Waals surface area (Å²) in [6, 6.07) is 11.4.